The third-order valence-corrected chi connectivity index (χ3v) is 4.26. The lowest BCUT2D eigenvalue weighted by Crippen LogP contribution is -2.22. The van der Waals surface area contributed by atoms with Crippen LogP contribution in [0.25, 0.3) is 0 Å². The largest absolute Gasteiger partial charge is 0.497 e. The predicted octanol–water partition coefficient (Wildman–Crippen LogP) is 3.86. The molecule has 17 heavy (non-hydrogen) atoms. The first-order valence-electron chi connectivity index (χ1n) is 6.63. The van der Waals surface area contributed by atoms with E-state index >= 15 is 0 Å². The second-order valence-corrected chi connectivity index (χ2v) is 5.31. The van der Waals surface area contributed by atoms with Gasteiger partial charge in [-0.2, -0.15) is 0 Å². The summed E-state index contributed by atoms with van der Waals surface area (Å²) in [7, 11) is 1.70. The molecule has 1 aromatic carbocycles. The average Bonchev–Trinajstić information content (AvgIpc) is 3.01. The minimum absolute atomic E-state index is 0.227. The fourth-order valence-electron chi connectivity index (χ4n) is 3.25. The molecule has 1 spiro atoms. The second-order valence-electron chi connectivity index (χ2n) is 5.31. The Morgan fingerprint density at radius 3 is 2.47 bits per heavy atom. The number of methoxy groups -OCH3 is 1. The van der Waals surface area contributed by atoms with Crippen LogP contribution in [-0.4, -0.2) is 12.7 Å². The van der Waals surface area contributed by atoms with Gasteiger partial charge in [-0.05, 0) is 43.4 Å². The van der Waals surface area contributed by atoms with Gasteiger partial charge in [0.1, 0.15) is 5.75 Å². The van der Waals surface area contributed by atoms with Gasteiger partial charge in [-0.3, -0.25) is 0 Å². The van der Waals surface area contributed by atoms with Gasteiger partial charge in [0.25, 0.3) is 0 Å². The van der Waals surface area contributed by atoms with Crippen molar-refractivity contribution in [2.24, 2.45) is 0 Å². The fraction of sp³-hybridized carbons (Fsp3) is 0.600. The predicted molar refractivity (Wildman–Crippen MR) is 67.3 cm³/mol. The molecule has 1 aliphatic carbocycles. The zero-order chi connectivity index (χ0) is 11.7. The third kappa shape index (κ3) is 2.06. The summed E-state index contributed by atoms with van der Waals surface area (Å²) in [5, 5.41) is 0. The Morgan fingerprint density at radius 1 is 1.12 bits per heavy atom. The maximum absolute atomic E-state index is 6.33. The Labute approximate surface area is 103 Å². The minimum atomic E-state index is 0.227. The van der Waals surface area contributed by atoms with E-state index in [9.17, 15) is 0 Å². The highest BCUT2D eigenvalue weighted by Crippen LogP contribution is 2.48. The van der Waals surface area contributed by atoms with Crippen molar-refractivity contribution < 1.29 is 9.47 Å². The molecular formula is C15H20O2. The normalized spacial score (nSPS) is 26.5. The van der Waals surface area contributed by atoms with Crippen LogP contribution in [0.1, 0.15) is 50.2 Å². The van der Waals surface area contributed by atoms with Gasteiger partial charge in [0.2, 0.25) is 0 Å². The highest BCUT2D eigenvalue weighted by Gasteiger charge is 2.42. The summed E-state index contributed by atoms with van der Waals surface area (Å²) in [5.41, 5.74) is 1.53. The molecule has 0 unspecified atom stereocenters. The van der Waals surface area contributed by atoms with Gasteiger partial charge in [0.15, 0.2) is 0 Å². The Bertz CT molecular complexity index is 376. The lowest BCUT2D eigenvalue weighted by Gasteiger charge is -2.23. The lowest BCUT2D eigenvalue weighted by molar-refractivity contribution is -0.0374. The topological polar surface area (TPSA) is 18.5 Å². The van der Waals surface area contributed by atoms with E-state index in [-0.39, 0.29) is 5.60 Å². The van der Waals surface area contributed by atoms with Crippen molar-refractivity contribution in [2.45, 2.75) is 50.2 Å². The first-order valence-corrected chi connectivity index (χ1v) is 6.63. The van der Waals surface area contributed by atoms with E-state index in [1.807, 2.05) is 12.1 Å². The zero-order valence-corrected chi connectivity index (χ0v) is 10.4. The van der Waals surface area contributed by atoms with Crippen LogP contribution in [0, 0.1) is 0 Å². The van der Waals surface area contributed by atoms with E-state index in [4.69, 9.17) is 9.47 Å². The van der Waals surface area contributed by atoms with Crippen molar-refractivity contribution in [1.82, 2.24) is 0 Å². The highest BCUT2D eigenvalue weighted by atomic mass is 16.5. The number of hydrogen-bond donors (Lipinski definition) is 0. The Hall–Kier alpha value is -1.02. The molecule has 0 N–H and O–H groups in total. The summed E-state index contributed by atoms with van der Waals surface area (Å²) in [6, 6.07) is 8.33. The van der Waals surface area contributed by atoms with Crippen molar-refractivity contribution in [2.75, 3.05) is 7.11 Å². The van der Waals surface area contributed by atoms with Crippen LogP contribution in [0.2, 0.25) is 0 Å². The average molecular weight is 232 g/mol. The van der Waals surface area contributed by atoms with Crippen molar-refractivity contribution in [3.05, 3.63) is 29.8 Å². The third-order valence-electron chi connectivity index (χ3n) is 4.26. The van der Waals surface area contributed by atoms with Crippen LogP contribution in [0.3, 0.4) is 0 Å². The monoisotopic (exact) mass is 232 g/mol. The summed E-state index contributed by atoms with van der Waals surface area (Å²) >= 11 is 0. The molecule has 0 bridgehead atoms. The van der Waals surface area contributed by atoms with E-state index in [1.54, 1.807) is 7.11 Å². The molecule has 1 saturated carbocycles. The molecule has 0 aromatic heterocycles. The zero-order valence-electron chi connectivity index (χ0n) is 10.4. The first-order chi connectivity index (χ1) is 8.31. The van der Waals surface area contributed by atoms with Crippen molar-refractivity contribution in [3.8, 4) is 5.75 Å². The second kappa shape index (κ2) is 4.34. The molecule has 3 rings (SSSR count). The molecule has 1 heterocycles. The van der Waals surface area contributed by atoms with Crippen LogP contribution in [0.15, 0.2) is 24.3 Å². The van der Waals surface area contributed by atoms with Gasteiger partial charge in [-0.15, -0.1) is 0 Å². The SMILES string of the molecule is COc1ccc([C@@H]2CCC3(CCCC3)O2)cc1. The Kier molecular flexibility index (Phi) is 2.83. The van der Waals surface area contributed by atoms with Crippen molar-refractivity contribution in [3.63, 3.8) is 0 Å². The van der Waals surface area contributed by atoms with Crippen LogP contribution in [0.5, 0.6) is 5.75 Å². The summed E-state index contributed by atoms with van der Waals surface area (Å²) in [4.78, 5) is 0. The number of rotatable bonds is 2. The van der Waals surface area contributed by atoms with Gasteiger partial charge >= 0.3 is 0 Å². The van der Waals surface area contributed by atoms with E-state index in [0.29, 0.717) is 6.10 Å². The van der Waals surface area contributed by atoms with E-state index in [0.717, 1.165) is 5.75 Å². The van der Waals surface area contributed by atoms with Crippen LogP contribution in [0.4, 0.5) is 0 Å². The molecule has 1 aliphatic heterocycles. The van der Waals surface area contributed by atoms with Gasteiger partial charge in [0, 0.05) is 0 Å². The van der Waals surface area contributed by atoms with Crippen molar-refractivity contribution in [1.29, 1.82) is 0 Å². The van der Waals surface area contributed by atoms with Crippen LogP contribution in [-0.2, 0) is 4.74 Å². The number of ether oxygens (including phenoxy) is 2. The van der Waals surface area contributed by atoms with E-state index in [2.05, 4.69) is 12.1 Å². The molecule has 2 heteroatoms. The summed E-state index contributed by atoms with van der Waals surface area (Å²) in [6.45, 7) is 0. The van der Waals surface area contributed by atoms with Crippen LogP contribution >= 0.6 is 0 Å². The quantitative estimate of drug-likeness (QED) is 0.771. The van der Waals surface area contributed by atoms with Gasteiger partial charge in [-0.1, -0.05) is 25.0 Å². The van der Waals surface area contributed by atoms with Crippen molar-refractivity contribution >= 4 is 0 Å². The summed E-state index contributed by atoms with van der Waals surface area (Å²) < 4.78 is 11.5. The number of benzene rings is 1. The van der Waals surface area contributed by atoms with Gasteiger partial charge in [-0.25, -0.2) is 0 Å². The molecule has 1 atom stereocenters. The van der Waals surface area contributed by atoms with Gasteiger partial charge in [0.05, 0.1) is 18.8 Å². The molecule has 2 nitrogen and oxygen atoms in total. The molecule has 2 fully saturated rings. The lowest BCUT2D eigenvalue weighted by atomic mass is 9.97. The maximum atomic E-state index is 6.33. The Balaban J connectivity index is 1.72. The molecule has 1 aromatic rings. The van der Waals surface area contributed by atoms with E-state index in [1.165, 1.54) is 44.1 Å². The molecule has 2 aliphatic rings. The molecule has 0 radical (unpaired) electrons. The maximum Gasteiger partial charge on any atom is 0.118 e. The fourth-order valence-corrected chi connectivity index (χ4v) is 3.25. The van der Waals surface area contributed by atoms with Crippen LogP contribution < -0.4 is 4.74 Å². The molecular weight excluding hydrogens is 212 g/mol. The summed E-state index contributed by atoms with van der Waals surface area (Å²) in [6.07, 6.45) is 7.93. The molecule has 1 saturated heterocycles. The van der Waals surface area contributed by atoms with Gasteiger partial charge < -0.3 is 9.47 Å². The smallest absolute Gasteiger partial charge is 0.118 e. The standard InChI is InChI=1S/C15H20O2/c1-16-13-6-4-12(5-7-13)14-8-11-15(17-14)9-2-3-10-15/h4-7,14H,2-3,8-11H2,1H3/t14-/m0/s1. The summed E-state index contributed by atoms with van der Waals surface area (Å²) in [5.74, 6) is 0.919. The first kappa shape index (κ1) is 11.1. The highest BCUT2D eigenvalue weighted by molar-refractivity contribution is 5.29. The minimum Gasteiger partial charge on any atom is -0.497 e. The number of hydrogen-bond acceptors (Lipinski definition) is 2. The van der Waals surface area contributed by atoms with E-state index < -0.39 is 0 Å². The molecule has 0 amide bonds. The Morgan fingerprint density at radius 2 is 1.82 bits per heavy atom. The molecule has 92 valence electrons.